The van der Waals surface area contributed by atoms with Gasteiger partial charge in [0.1, 0.15) is 0 Å². The standard InChI is InChI=1S/C15H10Cl2O4/c16-12-5-4-8(7-13(12)17)6-11-9(14(18)19)2-1-3-10(11)15(20)21/h1-5,7H,6H2,(H,18,19)(H,20,21). The van der Waals surface area contributed by atoms with Crippen molar-refractivity contribution in [3.63, 3.8) is 0 Å². The molecule has 6 heteroatoms. The molecule has 0 aliphatic carbocycles. The highest BCUT2D eigenvalue weighted by Crippen LogP contribution is 2.26. The number of aromatic carboxylic acids is 2. The molecule has 2 aromatic carbocycles. The number of benzene rings is 2. The van der Waals surface area contributed by atoms with Crippen LogP contribution in [0.1, 0.15) is 31.8 Å². The summed E-state index contributed by atoms with van der Waals surface area (Å²) < 4.78 is 0. The van der Waals surface area contributed by atoms with Gasteiger partial charge in [-0.3, -0.25) is 0 Å². The number of carbonyl (C=O) groups is 2. The minimum absolute atomic E-state index is 0.0408. The van der Waals surface area contributed by atoms with Crippen LogP contribution in [0.15, 0.2) is 36.4 Å². The molecule has 2 aromatic rings. The van der Waals surface area contributed by atoms with Crippen molar-refractivity contribution in [2.45, 2.75) is 6.42 Å². The Morgan fingerprint density at radius 3 is 1.95 bits per heavy atom. The maximum absolute atomic E-state index is 11.3. The molecule has 0 aliphatic heterocycles. The summed E-state index contributed by atoms with van der Waals surface area (Å²) >= 11 is 11.7. The number of carboxylic acids is 2. The fourth-order valence-electron chi connectivity index (χ4n) is 2.03. The van der Waals surface area contributed by atoms with Crippen LogP contribution in [-0.2, 0) is 6.42 Å². The van der Waals surface area contributed by atoms with E-state index in [2.05, 4.69) is 0 Å². The minimum Gasteiger partial charge on any atom is -0.478 e. The van der Waals surface area contributed by atoms with Crippen molar-refractivity contribution in [2.24, 2.45) is 0 Å². The summed E-state index contributed by atoms with van der Waals surface area (Å²) in [6.07, 6.45) is 0.140. The third-order valence-corrected chi connectivity index (χ3v) is 3.74. The predicted octanol–water partition coefficient (Wildman–Crippen LogP) is 3.98. The molecule has 0 unspecified atom stereocenters. The first-order valence-corrected chi connectivity index (χ1v) is 6.68. The summed E-state index contributed by atoms with van der Waals surface area (Å²) in [5.74, 6) is -2.35. The third-order valence-electron chi connectivity index (χ3n) is 3.00. The van der Waals surface area contributed by atoms with Crippen molar-refractivity contribution in [3.8, 4) is 0 Å². The van der Waals surface area contributed by atoms with Crippen molar-refractivity contribution in [3.05, 3.63) is 68.7 Å². The fourth-order valence-corrected chi connectivity index (χ4v) is 2.35. The monoisotopic (exact) mass is 324 g/mol. The van der Waals surface area contributed by atoms with Crippen LogP contribution in [0.4, 0.5) is 0 Å². The van der Waals surface area contributed by atoms with E-state index in [1.54, 1.807) is 18.2 Å². The molecule has 108 valence electrons. The van der Waals surface area contributed by atoms with Crippen LogP contribution in [0.3, 0.4) is 0 Å². The molecule has 0 aromatic heterocycles. The van der Waals surface area contributed by atoms with Crippen molar-refractivity contribution in [1.29, 1.82) is 0 Å². The summed E-state index contributed by atoms with van der Waals surface area (Å²) in [6, 6.07) is 9.02. The van der Waals surface area contributed by atoms with E-state index in [9.17, 15) is 19.8 Å². The number of halogens is 2. The Balaban J connectivity index is 2.53. The first kappa shape index (κ1) is 15.4. The maximum Gasteiger partial charge on any atom is 0.336 e. The molecule has 0 heterocycles. The molecule has 2 rings (SSSR count). The lowest BCUT2D eigenvalue weighted by Crippen LogP contribution is -2.10. The molecule has 0 radical (unpaired) electrons. The summed E-state index contributed by atoms with van der Waals surface area (Å²) in [6.45, 7) is 0. The Labute approximate surface area is 130 Å². The van der Waals surface area contributed by atoms with Gasteiger partial charge in [-0.2, -0.15) is 0 Å². The lowest BCUT2D eigenvalue weighted by molar-refractivity contribution is 0.0696. The highest BCUT2D eigenvalue weighted by Gasteiger charge is 2.18. The fraction of sp³-hybridized carbons (Fsp3) is 0.0667. The number of carboxylic acid groups (broad SMARTS) is 2. The van der Waals surface area contributed by atoms with Crippen molar-refractivity contribution in [2.75, 3.05) is 0 Å². The minimum atomic E-state index is -1.17. The molecule has 0 saturated carbocycles. The Kier molecular flexibility index (Phi) is 4.50. The third kappa shape index (κ3) is 3.35. The zero-order valence-electron chi connectivity index (χ0n) is 10.6. The smallest absolute Gasteiger partial charge is 0.336 e. The molecule has 0 amide bonds. The number of rotatable bonds is 4. The normalized spacial score (nSPS) is 10.4. The predicted molar refractivity (Wildman–Crippen MR) is 79.6 cm³/mol. The van der Waals surface area contributed by atoms with Gasteiger partial charge in [0.05, 0.1) is 21.2 Å². The maximum atomic E-state index is 11.3. The van der Waals surface area contributed by atoms with E-state index in [-0.39, 0.29) is 23.1 Å². The largest absolute Gasteiger partial charge is 0.478 e. The van der Waals surface area contributed by atoms with Crippen molar-refractivity contribution in [1.82, 2.24) is 0 Å². The summed E-state index contributed by atoms with van der Waals surface area (Å²) in [4.78, 5) is 22.5. The Bertz CT molecular complexity index is 693. The van der Waals surface area contributed by atoms with Crippen molar-refractivity contribution >= 4 is 35.1 Å². The second-order valence-electron chi connectivity index (χ2n) is 4.37. The lowest BCUT2D eigenvalue weighted by Gasteiger charge is -2.10. The zero-order valence-corrected chi connectivity index (χ0v) is 12.1. The molecule has 0 fully saturated rings. The molecule has 0 saturated heterocycles. The Morgan fingerprint density at radius 2 is 1.48 bits per heavy atom. The van der Waals surface area contributed by atoms with E-state index in [0.29, 0.717) is 15.6 Å². The SMILES string of the molecule is O=C(O)c1cccc(C(=O)O)c1Cc1ccc(Cl)c(Cl)c1. The summed E-state index contributed by atoms with van der Waals surface area (Å²) in [5, 5.41) is 19.1. The van der Waals surface area contributed by atoms with E-state index < -0.39 is 11.9 Å². The van der Waals surface area contributed by atoms with Crippen LogP contribution in [0.2, 0.25) is 10.0 Å². The van der Waals surface area contributed by atoms with Crippen molar-refractivity contribution < 1.29 is 19.8 Å². The van der Waals surface area contributed by atoms with Crippen LogP contribution in [-0.4, -0.2) is 22.2 Å². The number of hydrogen-bond donors (Lipinski definition) is 2. The van der Waals surface area contributed by atoms with Gasteiger partial charge >= 0.3 is 11.9 Å². The van der Waals surface area contributed by atoms with E-state index >= 15 is 0 Å². The molecular formula is C15H10Cl2O4. The van der Waals surface area contributed by atoms with Crippen LogP contribution in [0.5, 0.6) is 0 Å². The second-order valence-corrected chi connectivity index (χ2v) is 5.18. The average molecular weight is 325 g/mol. The van der Waals surface area contributed by atoms with Gasteiger partial charge in [0.25, 0.3) is 0 Å². The van der Waals surface area contributed by atoms with Crippen LogP contribution in [0.25, 0.3) is 0 Å². The molecule has 0 aliphatic rings. The molecule has 21 heavy (non-hydrogen) atoms. The first-order valence-electron chi connectivity index (χ1n) is 5.92. The van der Waals surface area contributed by atoms with Crippen LogP contribution >= 0.6 is 23.2 Å². The highest BCUT2D eigenvalue weighted by molar-refractivity contribution is 6.42. The topological polar surface area (TPSA) is 74.6 Å². The lowest BCUT2D eigenvalue weighted by atomic mass is 9.94. The van der Waals surface area contributed by atoms with Gasteiger partial charge in [-0.25, -0.2) is 9.59 Å². The molecule has 0 bridgehead atoms. The van der Waals surface area contributed by atoms with E-state index in [1.165, 1.54) is 18.2 Å². The van der Waals surface area contributed by atoms with Gasteiger partial charge in [0, 0.05) is 0 Å². The van der Waals surface area contributed by atoms with Gasteiger partial charge in [0.2, 0.25) is 0 Å². The molecule has 2 N–H and O–H groups in total. The van der Waals surface area contributed by atoms with Gasteiger partial charge < -0.3 is 10.2 Å². The van der Waals surface area contributed by atoms with E-state index in [4.69, 9.17) is 23.2 Å². The number of hydrogen-bond acceptors (Lipinski definition) is 2. The summed E-state index contributed by atoms with van der Waals surface area (Å²) in [7, 11) is 0. The van der Waals surface area contributed by atoms with Gasteiger partial charge in [-0.1, -0.05) is 35.3 Å². The second kappa shape index (κ2) is 6.16. The first-order chi connectivity index (χ1) is 9.90. The van der Waals surface area contributed by atoms with Gasteiger partial charge in [-0.05, 0) is 41.8 Å². The van der Waals surface area contributed by atoms with Gasteiger partial charge in [-0.15, -0.1) is 0 Å². The molecule has 0 atom stereocenters. The van der Waals surface area contributed by atoms with E-state index in [1.807, 2.05) is 0 Å². The highest BCUT2D eigenvalue weighted by atomic mass is 35.5. The van der Waals surface area contributed by atoms with Crippen LogP contribution < -0.4 is 0 Å². The van der Waals surface area contributed by atoms with E-state index in [0.717, 1.165) is 0 Å². The summed E-state index contributed by atoms with van der Waals surface area (Å²) in [5.41, 5.74) is 0.832. The quantitative estimate of drug-likeness (QED) is 0.891. The van der Waals surface area contributed by atoms with Crippen LogP contribution in [0, 0.1) is 0 Å². The van der Waals surface area contributed by atoms with Gasteiger partial charge in [0.15, 0.2) is 0 Å². The average Bonchev–Trinajstić information content (AvgIpc) is 2.42. The molecule has 0 spiro atoms. The zero-order chi connectivity index (χ0) is 15.6. The molecular weight excluding hydrogens is 315 g/mol. The Hall–Kier alpha value is -2.04. The Morgan fingerprint density at radius 1 is 0.905 bits per heavy atom. The molecule has 4 nitrogen and oxygen atoms in total.